The molecular formula is C12H12F2O2. The van der Waals surface area contributed by atoms with Crippen molar-refractivity contribution in [3.05, 3.63) is 29.8 Å². The number of rotatable bonds is 3. The molecule has 0 bridgehead atoms. The zero-order valence-electron chi connectivity index (χ0n) is 8.66. The molecule has 0 saturated carbocycles. The Bertz CT molecular complexity index is 390. The summed E-state index contributed by atoms with van der Waals surface area (Å²) in [6.45, 7) is 0.484. The van der Waals surface area contributed by atoms with Gasteiger partial charge in [-0.05, 0) is 24.0 Å². The molecule has 86 valence electrons. The van der Waals surface area contributed by atoms with E-state index in [9.17, 15) is 13.6 Å². The maximum atomic E-state index is 12.2. The van der Waals surface area contributed by atoms with E-state index in [1.807, 2.05) is 18.2 Å². The molecule has 0 saturated heterocycles. The summed E-state index contributed by atoms with van der Waals surface area (Å²) in [5.74, 6) is -0.408. The van der Waals surface area contributed by atoms with Gasteiger partial charge in [0.05, 0.1) is 6.61 Å². The minimum absolute atomic E-state index is 0.0992. The number of ketones is 1. The Hall–Kier alpha value is -1.45. The number of hydrogen-bond donors (Lipinski definition) is 0. The third kappa shape index (κ3) is 2.21. The van der Waals surface area contributed by atoms with E-state index in [1.54, 1.807) is 6.07 Å². The van der Waals surface area contributed by atoms with Crippen LogP contribution in [0.25, 0.3) is 0 Å². The SMILES string of the molecule is O=C(CC1CCOc2ccccc21)C(F)F. The molecule has 16 heavy (non-hydrogen) atoms. The van der Waals surface area contributed by atoms with Gasteiger partial charge in [-0.25, -0.2) is 8.78 Å². The van der Waals surface area contributed by atoms with Gasteiger partial charge in [0.15, 0.2) is 5.78 Å². The first-order valence-electron chi connectivity index (χ1n) is 5.21. The number of alkyl halides is 2. The lowest BCUT2D eigenvalue weighted by molar-refractivity contribution is -0.130. The van der Waals surface area contributed by atoms with Crippen LogP contribution in [-0.4, -0.2) is 18.8 Å². The van der Waals surface area contributed by atoms with Crippen molar-refractivity contribution in [1.82, 2.24) is 0 Å². The average Bonchev–Trinajstić information content (AvgIpc) is 2.29. The van der Waals surface area contributed by atoms with Crippen LogP contribution in [0.4, 0.5) is 8.78 Å². The predicted molar refractivity (Wildman–Crippen MR) is 54.9 cm³/mol. The second-order valence-electron chi connectivity index (χ2n) is 3.84. The molecule has 0 fully saturated rings. The number of carbonyl (C=O) groups is 1. The van der Waals surface area contributed by atoms with E-state index >= 15 is 0 Å². The first-order chi connectivity index (χ1) is 7.68. The van der Waals surface area contributed by atoms with Gasteiger partial charge < -0.3 is 4.74 Å². The summed E-state index contributed by atoms with van der Waals surface area (Å²) >= 11 is 0. The highest BCUT2D eigenvalue weighted by atomic mass is 19.3. The highest BCUT2D eigenvalue weighted by Gasteiger charge is 2.26. The van der Waals surface area contributed by atoms with Crippen LogP contribution >= 0.6 is 0 Å². The van der Waals surface area contributed by atoms with Crippen molar-refractivity contribution in [3.63, 3.8) is 0 Å². The minimum atomic E-state index is -2.87. The van der Waals surface area contributed by atoms with Gasteiger partial charge in [0.25, 0.3) is 6.43 Å². The van der Waals surface area contributed by atoms with Gasteiger partial charge >= 0.3 is 0 Å². The molecule has 1 unspecified atom stereocenters. The van der Waals surface area contributed by atoms with Crippen LogP contribution in [0.15, 0.2) is 24.3 Å². The zero-order chi connectivity index (χ0) is 11.5. The van der Waals surface area contributed by atoms with Gasteiger partial charge in [-0.3, -0.25) is 4.79 Å². The molecule has 1 aliphatic rings. The van der Waals surface area contributed by atoms with E-state index in [0.717, 1.165) is 5.56 Å². The number of fused-ring (bicyclic) bond motifs is 1. The maximum absolute atomic E-state index is 12.2. The summed E-state index contributed by atoms with van der Waals surface area (Å²) in [4.78, 5) is 11.0. The van der Waals surface area contributed by atoms with E-state index in [-0.39, 0.29) is 12.3 Å². The Kier molecular flexibility index (Phi) is 3.17. The number of benzene rings is 1. The summed E-state index contributed by atoms with van der Waals surface area (Å²) in [6.07, 6.45) is -2.34. The van der Waals surface area contributed by atoms with Crippen LogP contribution in [0.1, 0.15) is 24.3 Å². The Morgan fingerprint density at radius 1 is 1.44 bits per heavy atom. The van der Waals surface area contributed by atoms with Crippen molar-refractivity contribution < 1.29 is 18.3 Å². The Morgan fingerprint density at radius 2 is 2.19 bits per heavy atom. The molecule has 0 aromatic heterocycles. The molecule has 0 N–H and O–H groups in total. The summed E-state index contributed by atoms with van der Waals surface area (Å²) in [7, 11) is 0. The highest BCUT2D eigenvalue weighted by molar-refractivity contribution is 5.82. The standard InChI is InChI=1S/C12H12F2O2/c13-12(14)10(15)7-8-5-6-16-11-4-2-1-3-9(8)11/h1-4,8,12H,5-7H2. The molecule has 1 heterocycles. The molecule has 2 rings (SSSR count). The molecule has 0 spiro atoms. The molecule has 4 heteroatoms. The smallest absolute Gasteiger partial charge is 0.296 e. The van der Waals surface area contributed by atoms with E-state index < -0.39 is 12.2 Å². The fourth-order valence-electron chi connectivity index (χ4n) is 1.96. The predicted octanol–water partition coefficient (Wildman–Crippen LogP) is 2.78. The van der Waals surface area contributed by atoms with Crippen LogP contribution in [0, 0.1) is 0 Å². The van der Waals surface area contributed by atoms with Crippen LogP contribution in [-0.2, 0) is 4.79 Å². The fraction of sp³-hybridized carbons (Fsp3) is 0.417. The van der Waals surface area contributed by atoms with Crippen LogP contribution in [0.5, 0.6) is 5.75 Å². The van der Waals surface area contributed by atoms with Crippen molar-refractivity contribution >= 4 is 5.78 Å². The number of para-hydroxylation sites is 1. The summed E-state index contributed by atoms with van der Waals surface area (Å²) < 4.78 is 29.8. The zero-order valence-corrected chi connectivity index (χ0v) is 8.66. The van der Waals surface area contributed by atoms with Gasteiger partial charge in [0.2, 0.25) is 0 Å². The molecule has 0 amide bonds. The average molecular weight is 226 g/mol. The van der Waals surface area contributed by atoms with Crippen molar-refractivity contribution in [2.24, 2.45) is 0 Å². The number of halogens is 2. The number of hydrogen-bond acceptors (Lipinski definition) is 2. The van der Waals surface area contributed by atoms with Crippen LogP contribution < -0.4 is 4.74 Å². The van der Waals surface area contributed by atoms with E-state index in [1.165, 1.54) is 0 Å². The Balaban J connectivity index is 2.16. The monoisotopic (exact) mass is 226 g/mol. The first kappa shape index (κ1) is 11.0. The quantitative estimate of drug-likeness (QED) is 0.792. The van der Waals surface area contributed by atoms with E-state index in [4.69, 9.17) is 4.74 Å². The first-order valence-corrected chi connectivity index (χ1v) is 5.21. The van der Waals surface area contributed by atoms with Gasteiger partial charge in [0.1, 0.15) is 5.75 Å². The largest absolute Gasteiger partial charge is 0.493 e. The maximum Gasteiger partial charge on any atom is 0.296 e. The van der Waals surface area contributed by atoms with Crippen molar-refractivity contribution in [3.8, 4) is 5.75 Å². The van der Waals surface area contributed by atoms with Gasteiger partial charge in [-0.15, -0.1) is 0 Å². The third-order valence-electron chi connectivity index (χ3n) is 2.77. The van der Waals surface area contributed by atoms with E-state index in [0.29, 0.717) is 18.8 Å². The topological polar surface area (TPSA) is 26.3 Å². The van der Waals surface area contributed by atoms with E-state index in [2.05, 4.69) is 0 Å². The van der Waals surface area contributed by atoms with Crippen molar-refractivity contribution in [1.29, 1.82) is 0 Å². The number of ether oxygens (including phenoxy) is 1. The third-order valence-corrected chi connectivity index (χ3v) is 2.77. The highest BCUT2D eigenvalue weighted by Crippen LogP contribution is 2.35. The second-order valence-corrected chi connectivity index (χ2v) is 3.84. The molecule has 1 aromatic carbocycles. The lowest BCUT2D eigenvalue weighted by Gasteiger charge is -2.25. The molecule has 0 radical (unpaired) electrons. The van der Waals surface area contributed by atoms with Crippen molar-refractivity contribution in [2.45, 2.75) is 25.2 Å². The number of carbonyl (C=O) groups excluding carboxylic acids is 1. The minimum Gasteiger partial charge on any atom is -0.493 e. The summed E-state index contributed by atoms with van der Waals surface area (Å²) in [5, 5.41) is 0. The van der Waals surface area contributed by atoms with Gasteiger partial charge in [-0.1, -0.05) is 18.2 Å². The van der Waals surface area contributed by atoms with Crippen LogP contribution in [0.3, 0.4) is 0 Å². The summed E-state index contributed by atoms with van der Waals surface area (Å²) in [6, 6.07) is 7.29. The molecule has 2 nitrogen and oxygen atoms in total. The Morgan fingerprint density at radius 3 is 2.94 bits per heavy atom. The molecular weight excluding hydrogens is 214 g/mol. The lowest BCUT2D eigenvalue weighted by atomic mass is 9.89. The second kappa shape index (κ2) is 4.60. The molecule has 1 atom stereocenters. The van der Waals surface area contributed by atoms with Crippen LogP contribution in [0.2, 0.25) is 0 Å². The summed E-state index contributed by atoms with van der Waals surface area (Å²) in [5.41, 5.74) is 0.864. The normalized spacial score (nSPS) is 19.1. The molecule has 0 aliphatic carbocycles. The number of Topliss-reactive ketones (excluding diaryl/α,β-unsaturated/α-hetero) is 1. The molecule has 1 aromatic rings. The fourth-order valence-corrected chi connectivity index (χ4v) is 1.96. The van der Waals surface area contributed by atoms with Crippen molar-refractivity contribution in [2.75, 3.05) is 6.61 Å². The van der Waals surface area contributed by atoms with Gasteiger partial charge in [0, 0.05) is 6.42 Å². The Labute approximate surface area is 92.2 Å². The lowest BCUT2D eigenvalue weighted by Crippen LogP contribution is -2.20. The van der Waals surface area contributed by atoms with Gasteiger partial charge in [-0.2, -0.15) is 0 Å². The molecule has 1 aliphatic heterocycles.